The normalized spacial score (nSPS) is 17.1. The van der Waals surface area contributed by atoms with Crippen LogP contribution < -0.4 is 5.32 Å². The molecule has 1 heterocycles. The summed E-state index contributed by atoms with van der Waals surface area (Å²) in [5, 5.41) is 4.35. The van der Waals surface area contributed by atoms with Crippen LogP contribution in [-0.2, 0) is 4.79 Å². The molecule has 4 nitrogen and oxygen atoms in total. The van der Waals surface area contributed by atoms with E-state index in [0.717, 1.165) is 31.7 Å². The summed E-state index contributed by atoms with van der Waals surface area (Å²) < 4.78 is 0. The molecule has 0 aromatic heterocycles. The third kappa shape index (κ3) is 4.10. The number of piperazine rings is 1. The van der Waals surface area contributed by atoms with Gasteiger partial charge >= 0.3 is 0 Å². The van der Waals surface area contributed by atoms with Gasteiger partial charge in [-0.05, 0) is 25.6 Å². The Morgan fingerprint density at radius 3 is 2.71 bits per heavy atom. The molecular formula is C15H21Cl2N3O. The minimum Gasteiger partial charge on any atom is -0.339 e. The summed E-state index contributed by atoms with van der Waals surface area (Å²) in [7, 11) is 1.93. The highest BCUT2D eigenvalue weighted by Gasteiger charge is 2.22. The Labute approximate surface area is 136 Å². The van der Waals surface area contributed by atoms with Gasteiger partial charge in [0.25, 0.3) is 0 Å². The van der Waals surface area contributed by atoms with Crippen molar-refractivity contribution in [3.8, 4) is 0 Å². The van der Waals surface area contributed by atoms with Crippen LogP contribution >= 0.6 is 23.2 Å². The van der Waals surface area contributed by atoms with E-state index in [-0.39, 0.29) is 11.9 Å². The molecule has 116 valence electrons. The van der Waals surface area contributed by atoms with Crippen LogP contribution in [0.15, 0.2) is 18.2 Å². The van der Waals surface area contributed by atoms with E-state index >= 15 is 0 Å². The maximum atomic E-state index is 12.3. The van der Waals surface area contributed by atoms with Crippen molar-refractivity contribution >= 4 is 29.1 Å². The van der Waals surface area contributed by atoms with Gasteiger partial charge in [-0.2, -0.15) is 0 Å². The van der Waals surface area contributed by atoms with Crippen LogP contribution in [-0.4, -0.2) is 55.5 Å². The third-order valence-electron chi connectivity index (χ3n) is 3.95. The van der Waals surface area contributed by atoms with Gasteiger partial charge in [0.15, 0.2) is 0 Å². The molecule has 0 spiro atoms. The molecule has 2 rings (SSSR count). The van der Waals surface area contributed by atoms with Crippen LogP contribution in [0.1, 0.15) is 18.5 Å². The van der Waals surface area contributed by atoms with E-state index in [4.69, 9.17) is 23.2 Å². The molecule has 0 radical (unpaired) electrons. The topological polar surface area (TPSA) is 35.6 Å². The zero-order chi connectivity index (χ0) is 15.4. The first-order valence-corrected chi connectivity index (χ1v) is 7.89. The molecular weight excluding hydrogens is 309 g/mol. The molecule has 1 fully saturated rings. The van der Waals surface area contributed by atoms with Gasteiger partial charge in [0, 0.05) is 32.2 Å². The van der Waals surface area contributed by atoms with E-state index in [1.165, 1.54) is 0 Å². The fraction of sp³-hybridized carbons (Fsp3) is 0.533. The second kappa shape index (κ2) is 7.45. The number of nitrogens with zero attached hydrogens (tertiary/aromatic N) is 2. The fourth-order valence-electron chi connectivity index (χ4n) is 2.45. The fourth-order valence-corrected chi connectivity index (χ4v) is 2.91. The molecule has 1 aliphatic rings. The number of likely N-dealkylation sites (N-methyl/N-ethyl adjacent to an activating group) is 1. The molecule has 0 bridgehead atoms. The van der Waals surface area contributed by atoms with Crippen LogP contribution in [0.2, 0.25) is 10.0 Å². The predicted molar refractivity (Wildman–Crippen MR) is 87.0 cm³/mol. The monoisotopic (exact) mass is 329 g/mol. The number of benzene rings is 1. The number of carbonyl (C=O) groups excluding carboxylic acids is 1. The number of rotatable bonds is 4. The van der Waals surface area contributed by atoms with E-state index in [2.05, 4.69) is 5.32 Å². The Balaban J connectivity index is 2.00. The zero-order valence-electron chi connectivity index (χ0n) is 12.4. The van der Waals surface area contributed by atoms with E-state index in [1.807, 2.05) is 35.9 Å². The molecule has 1 unspecified atom stereocenters. The molecule has 6 heteroatoms. The molecule has 1 amide bonds. The summed E-state index contributed by atoms with van der Waals surface area (Å²) in [6.07, 6.45) is 0. The van der Waals surface area contributed by atoms with Gasteiger partial charge < -0.3 is 10.2 Å². The highest BCUT2D eigenvalue weighted by Crippen LogP contribution is 2.31. The van der Waals surface area contributed by atoms with Gasteiger partial charge in [-0.3, -0.25) is 9.69 Å². The summed E-state index contributed by atoms with van der Waals surface area (Å²) in [5.74, 6) is 0.156. The van der Waals surface area contributed by atoms with Gasteiger partial charge in [-0.15, -0.1) is 0 Å². The zero-order valence-corrected chi connectivity index (χ0v) is 13.9. The smallest absolute Gasteiger partial charge is 0.236 e. The SMILES string of the molecule is CC(c1cccc(Cl)c1Cl)N(C)CC(=O)N1CCNCC1. The van der Waals surface area contributed by atoms with E-state index in [0.29, 0.717) is 16.6 Å². The van der Waals surface area contributed by atoms with Crippen molar-refractivity contribution in [1.29, 1.82) is 0 Å². The lowest BCUT2D eigenvalue weighted by Gasteiger charge is -2.31. The van der Waals surface area contributed by atoms with E-state index in [9.17, 15) is 4.79 Å². The number of carbonyl (C=O) groups is 1. The number of hydrogen-bond acceptors (Lipinski definition) is 3. The summed E-state index contributed by atoms with van der Waals surface area (Å²) in [6, 6.07) is 5.63. The second-order valence-electron chi connectivity index (χ2n) is 5.36. The van der Waals surface area contributed by atoms with Crippen molar-refractivity contribution < 1.29 is 4.79 Å². The lowest BCUT2D eigenvalue weighted by molar-refractivity contribution is -0.133. The molecule has 1 aliphatic heterocycles. The van der Waals surface area contributed by atoms with Gasteiger partial charge in [0.1, 0.15) is 0 Å². The summed E-state index contributed by atoms with van der Waals surface area (Å²) in [4.78, 5) is 16.2. The summed E-state index contributed by atoms with van der Waals surface area (Å²) in [6.45, 7) is 5.70. The first-order chi connectivity index (χ1) is 10.0. The predicted octanol–water partition coefficient (Wildman–Crippen LogP) is 2.42. The van der Waals surface area contributed by atoms with Gasteiger partial charge in [0.2, 0.25) is 5.91 Å². The van der Waals surface area contributed by atoms with E-state index < -0.39 is 0 Å². The molecule has 1 atom stereocenters. The lowest BCUT2D eigenvalue weighted by atomic mass is 10.1. The number of halogens is 2. The quantitative estimate of drug-likeness (QED) is 0.921. The van der Waals surface area contributed by atoms with Crippen LogP contribution in [0.25, 0.3) is 0 Å². The van der Waals surface area contributed by atoms with Crippen molar-refractivity contribution in [3.05, 3.63) is 33.8 Å². The number of hydrogen-bond donors (Lipinski definition) is 1. The number of amides is 1. The van der Waals surface area contributed by atoms with E-state index in [1.54, 1.807) is 6.07 Å². The Kier molecular flexibility index (Phi) is 5.88. The Morgan fingerprint density at radius 2 is 2.05 bits per heavy atom. The van der Waals surface area contributed by atoms with Gasteiger partial charge in [-0.1, -0.05) is 35.3 Å². The Hall–Kier alpha value is -0.810. The van der Waals surface area contributed by atoms with Gasteiger partial charge in [-0.25, -0.2) is 0 Å². The average molecular weight is 330 g/mol. The van der Waals surface area contributed by atoms with Crippen molar-refractivity contribution in [2.45, 2.75) is 13.0 Å². The standard InChI is InChI=1S/C15H21Cl2N3O/c1-11(12-4-3-5-13(16)15(12)17)19(2)10-14(21)20-8-6-18-7-9-20/h3-5,11,18H,6-10H2,1-2H3. The highest BCUT2D eigenvalue weighted by molar-refractivity contribution is 6.42. The summed E-state index contributed by atoms with van der Waals surface area (Å²) in [5.41, 5.74) is 0.944. The largest absolute Gasteiger partial charge is 0.339 e. The summed E-state index contributed by atoms with van der Waals surface area (Å²) >= 11 is 12.3. The minimum absolute atomic E-state index is 0.0306. The van der Waals surface area contributed by atoms with Crippen molar-refractivity contribution in [2.75, 3.05) is 39.8 Å². The molecule has 21 heavy (non-hydrogen) atoms. The average Bonchev–Trinajstić information content (AvgIpc) is 2.50. The lowest BCUT2D eigenvalue weighted by Crippen LogP contribution is -2.49. The van der Waals surface area contributed by atoms with Crippen molar-refractivity contribution in [2.24, 2.45) is 0 Å². The van der Waals surface area contributed by atoms with Crippen molar-refractivity contribution in [3.63, 3.8) is 0 Å². The number of nitrogens with one attached hydrogen (secondary N) is 1. The molecule has 0 saturated carbocycles. The van der Waals surface area contributed by atoms with Crippen LogP contribution in [0.5, 0.6) is 0 Å². The highest BCUT2D eigenvalue weighted by atomic mass is 35.5. The van der Waals surface area contributed by atoms with Crippen LogP contribution in [0.3, 0.4) is 0 Å². The maximum absolute atomic E-state index is 12.3. The van der Waals surface area contributed by atoms with Crippen LogP contribution in [0, 0.1) is 0 Å². The maximum Gasteiger partial charge on any atom is 0.236 e. The second-order valence-corrected chi connectivity index (χ2v) is 6.15. The molecule has 1 aromatic carbocycles. The molecule has 1 saturated heterocycles. The van der Waals surface area contributed by atoms with Gasteiger partial charge in [0.05, 0.1) is 16.6 Å². The Morgan fingerprint density at radius 1 is 1.38 bits per heavy atom. The first-order valence-electron chi connectivity index (χ1n) is 7.13. The first kappa shape index (κ1) is 16.6. The molecule has 1 aromatic rings. The Bertz CT molecular complexity index is 504. The third-order valence-corrected chi connectivity index (χ3v) is 4.78. The molecule has 1 N–H and O–H groups in total. The molecule has 0 aliphatic carbocycles. The van der Waals surface area contributed by atoms with Crippen molar-refractivity contribution in [1.82, 2.24) is 15.1 Å². The minimum atomic E-state index is 0.0306. The van der Waals surface area contributed by atoms with Crippen LogP contribution in [0.4, 0.5) is 0 Å².